The summed E-state index contributed by atoms with van der Waals surface area (Å²) in [6.45, 7) is 0.817. The summed E-state index contributed by atoms with van der Waals surface area (Å²) >= 11 is 0. The lowest BCUT2D eigenvalue weighted by Gasteiger charge is -2.32. The normalized spacial score (nSPS) is 34.2. The molecule has 13 heavy (non-hydrogen) atoms. The quantitative estimate of drug-likeness (QED) is 0.453. The van der Waals surface area contributed by atoms with Gasteiger partial charge in [0.1, 0.15) is 0 Å². The SMILES string of the molecule is COC(=O)C1CNCC(CO)C1O. The van der Waals surface area contributed by atoms with Gasteiger partial charge in [0.2, 0.25) is 0 Å². The highest BCUT2D eigenvalue weighted by Crippen LogP contribution is 2.17. The molecule has 5 nitrogen and oxygen atoms in total. The van der Waals surface area contributed by atoms with Crippen molar-refractivity contribution < 1.29 is 19.7 Å². The predicted octanol–water partition coefficient (Wildman–Crippen LogP) is -1.65. The van der Waals surface area contributed by atoms with Crippen LogP contribution in [0.1, 0.15) is 0 Å². The molecule has 1 aliphatic rings. The molecule has 3 atom stereocenters. The molecule has 0 spiro atoms. The van der Waals surface area contributed by atoms with Gasteiger partial charge in [0.05, 0.1) is 19.1 Å². The number of piperidine rings is 1. The van der Waals surface area contributed by atoms with Crippen LogP contribution < -0.4 is 5.32 Å². The van der Waals surface area contributed by atoms with Gasteiger partial charge in [-0.2, -0.15) is 0 Å². The highest BCUT2D eigenvalue weighted by Gasteiger charge is 2.36. The third-order valence-corrected chi connectivity index (χ3v) is 2.40. The van der Waals surface area contributed by atoms with Crippen molar-refractivity contribution in [3.63, 3.8) is 0 Å². The third-order valence-electron chi connectivity index (χ3n) is 2.40. The number of hydrogen-bond acceptors (Lipinski definition) is 5. The van der Waals surface area contributed by atoms with E-state index in [1.165, 1.54) is 7.11 Å². The smallest absolute Gasteiger partial charge is 0.312 e. The van der Waals surface area contributed by atoms with Gasteiger partial charge in [-0.25, -0.2) is 0 Å². The highest BCUT2D eigenvalue weighted by atomic mass is 16.5. The van der Waals surface area contributed by atoms with Gasteiger partial charge in [0.15, 0.2) is 0 Å². The van der Waals surface area contributed by atoms with Crippen molar-refractivity contribution in [2.75, 3.05) is 26.8 Å². The second-order valence-corrected chi connectivity index (χ2v) is 3.22. The molecule has 1 aliphatic heterocycles. The molecule has 0 aromatic rings. The fourth-order valence-electron chi connectivity index (χ4n) is 1.54. The summed E-state index contributed by atoms with van der Waals surface area (Å²) in [6.07, 6.45) is -0.807. The second-order valence-electron chi connectivity index (χ2n) is 3.22. The summed E-state index contributed by atoms with van der Waals surface area (Å²) in [4.78, 5) is 11.1. The molecule has 0 amide bonds. The molecular weight excluding hydrogens is 174 g/mol. The van der Waals surface area contributed by atoms with E-state index in [1.54, 1.807) is 0 Å². The van der Waals surface area contributed by atoms with Crippen LogP contribution in [0, 0.1) is 11.8 Å². The number of carbonyl (C=O) groups is 1. The summed E-state index contributed by atoms with van der Waals surface area (Å²) in [5.41, 5.74) is 0. The summed E-state index contributed by atoms with van der Waals surface area (Å²) in [7, 11) is 1.29. The minimum Gasteiger partial charge on any atom is -0.469 e. The number of hydrogen-bond donors (Lipinski definition) is 3. The first kappa shape index (κ1) is 10.4. The molecule has 0 radical (unpaired) electrons. The molecule has 76 valence electrons. The lowest BCUT2D eigenvalue weighted by atomic mass is 9.87. The average Bonchev–Trinajstić information content (AvgIpc) is 2.17. The second kappa shape index (κ2) is 4.55. The van der Waals surface area contributed by atoms with Gasteiger partial charge in [-0.1, -0.05) is 0 Å². The van der Waals surface area contributed by atoms with Crippen LogP contribution in [0.4, 0.5) is 0 Å². The Morgan fingerprint density at radius 3 is 2.85 bits per heavy atom. The van der Waals surface area contributed by atoms with E-state index in [-0.39, 0.29) is 12.5 Å². The number of carbonyl (C=O) groups excluding carboxylic acids is 1. The summed E-state index contributed by atoms with van der Waals surface area (Å²) < 4.78 is 4.53. The van der Waals surface area contributed by atoms with Gasteiger partial charge in [0, 0.05) is 25.6 Å². The maximum Gasteiger partial charge on any atom is 0.312 e. The Hall–Kier alpha value is -0.650. The maximum absolute atomic E-state index is 11.1. The molecule has 0 bridgehead atoms. The number of rotatable bonds is 2. The number of aliphatic hydroxyl groups excluding tert-OH is 2. The van der Waals surface area contributed by atoms with Crippen LogP contribution in [0.25, 0.3) is 0 Å². The molecule has 1 rings (SSSR count). The molecule has 1 saturated heterocycles. The number of methoxy groups -OCH3 is 1. The third kappa shape index (κ3) is 2.18. The van der Waals surface area contributed by atoms with Crippen LogP contribution in [0.2, 0.25) is 0 Å². The Labute approximate surface area is 76.7 Å². The first-order valence-electron chi connectivity index (χ1n) is 4.28. The molecule has 0 aromatic carbocycles. The zero-order valence-electron chi connectivity index (χ0n) is 7.56. The van der Waals surface area contributed by atoms with Gasteiger partial charge in [-0.15, -0.1) is 0 Å². The Morgan fingerprint density at radius 1 is 1.62 bits per heavy atom. The molecule has 1 fully saturated rings. The van der Waals surface area contributed by atoms with Crippen LogP contribution in [-0.4, -0.2) is 49.1 Å². The molecule has 0 aromatic heterocycles. The minimum atomic E-state index is -0.807. The van der Waals surface area contributed by atoms with Crippen molar-refractivity contribution in [3.8, 4) is 0 Å². The Kier molecular flexibility index (Phi) is 3.65. The van der Waals surface area contributed by atoms with Crippen LogP contribution in [0.5, 0.6) is 0 Å². The van der Waals surface area contributed by atoms with Gasteiger partial charge < -0.3 is 20.3 Å². The minimum absolute atomic E-state index is 0.123. The fraction of sp³-hybridized carbons (Fsp3) is 0.875. The van der Waals surface area contributed by atoms with E-state index in [0.29, 0.717) is 13.1 Å². The van der Waals surface area contributed by atoms with Crippen LogP contribution in [0.15, 0.2) is 0 Å². The van der Waals surface area contributed by atoms with Crippen molar-refractivity contribution >= 4 is 5.97 Å². The van der Waals surface area contributed by atoms with Crippen molar-refractivity contribution in [1.82, 2.24) is 5.32 Å². The van der Waals surface area contributed by atoms with Gasteiger partial charge in [-0.3, -0.25) is 4.79 Å². The average molecular weight is 189 g/mol. The predicted molar refractivity (Wildman–Crippen MR) is 45.0 cm³/mol. The monoisotopic (exact) mass is 189 g/mol. The zero-order valence-corrected chi connectivity index (χ0v) is 7.56. The number of aliphatic hydroxyl groups is 2. The molecule has 0 aliphatic carbocycles. The van der Waals surface area contributed by atoms with E-state index in [1.807, 2.05) is 0 Å². The molecular formula is C8H15NO4. The van der Waals surface area contributed by atoms with Crippen molar-refractivity contribution in [3.05, 3.63) is 0 Å². The Balaban J connectivity index is 2.59. The largest absolute Gasteiger partial charge is 0.469 e. The number of nitrogens with one attached hydrogen (secondary N) is 1. The first-order valence-corrected chi connectivity index (χ1v) is 4.28. The fourth-order valence-corrected chi connectivity index (χ4v) is 1.54. The lowest BCUT2D eigenvalue weighted by Crippen LogP contribution is -2.51. The molecule has 5 heteroatoms. The Bertz CT molecular complexity index is 185. The van der Waals surface area contributed by atoms with Gasteiger partial charge in [0.25, 0.3) is 0 Å². The van der Waals surface area contributed by atoms with Gasteiger partial charge in [-0.05, 0) is 0 Å². The van der Waals surface area contributed by atoms with Crippen molar-refractivity contribution in [2.24, 2.45) is 11.8 Å². The molecule has 3 N–H and O–H groups in total. The van der Waals surface area contributed by atoms with Crippen molar-refractivity contribution in [2.45, 2.75) is 6.10 Å². The summed E-state index contributed by atoms with van der Waals surface area (Å²) in [5, 5.41) is 21.5. The number of ether oxygens (including phenoxy) is 1. The standard InChI is InChI=1S/C8H15NO4/c1-13-8(12)6-3-9-2-5(4-10)7(6)11/h5-7,9-11H,2-4H2,1H3. The summed E-state index contributed by atoms with van der Waals surface area (Å²) in [6, 6.07) is 0. The maximum atomic E-state index is 11.1. The number of esters is 1. The molecule has 0 saturated carbocycles. The van der Waals surface area contributed by atoms with E-state index in [4.69, 9.17) is 5.11 Å². The van der Waals surface area contributed by atoms with E-state index in [2.05, 4.69) is 10.1 Å². The highest BCUT2D eigenvalue weighted by molar-refractivity contribution is 5.73. The molecule has 3 unspecified atom stereocenters. The van der Waals surface area contributed by atoms with E-state index in [9.17, 15) is 9.90 Å². The molecule has 1 heterocycles. The Morgan fingerprint density at radius 2 is 2.31 bits per heavy atom. The zero-order chi connectivity index (χ0) is 9.84. The van der Waals surface area contributed by atoms with Crippen molar-refractivity contribution in [1.29, 1.82) is 0 Å². The summed E-state index contributed by atoms with van der Waals surface area (Å²) in [5.74, 6) is -1.27. The van der Waals surface area contributed by atoms with Crippen LogP contribution >= 0.6 is 0 Å². The van der Waals surface area contributed by atoms with Crippen LogP contribution in [0.3, 0.4) is 0 Å². The van der Waals surface area contributed by atoms with E-state index < -0.39 is 18.0 Å². The lowest BCUT2D eigenvalue weighted by molar-refractivity contribution is -0.152. The van der Waals surface area contributed by atoms with E-state index >= 15 is 0 Å². The van der Waals surface area contributed by atoms with Gasteiger partial charge >= 0.3 is 5.97 Å². The van der Waals surface area contributed by atoms with Crippen LogP contribution in [-0.2, 0) is 9.53 Å². The van der Waals surface area contributed by atoms with E-state index in [0.717, 1.165) is 0 Å². The first-order chi connectivity index (χ1) is 6.20. The topological polar surface area (TPSA) is 78.8 Å².